The Labute approximate surface area is 90.5 Å². The van der Waals surface area contributed by atoms with Crippen molar-refractivity contribution >= 4 is 5.91 Å². The van der Waals surface area contributed by atoms with E-state index in [4.69, 9.17) is 9.47 Å². The topological polar surface area (TPSA) is 38.8 Å². The van der Waals surface area contributed by atoms with Gasteiger partial charge in [0.25, 0.3) is 5.91 Å². The first kappa shape index (κ1) is 10.9. The number of nitrogens with zero attached hydrogens (tertiary/aromatic N) is 1. The summed E-state index contributed by atoms with van der Waals surface area (Å²) < 4.78 is 10.7. The number of carbonyl (C=O) groups excluding carboxylic acids is 1. The summed E-state index contributed by atoms with van der Waals surface area (Å²) in [6, 6.07) is 0.295. The standard InChI is InChI=1S/C11H19NO3/c1-8(14-2)11(13)12-6-7-15-10-5-3-4-9(10)12/h8-10H,3-7H2,1-2H3. The number of ether oxygens (including phenoxy) is 2. The Morgan fingerprint density at radius 1 is 1.53 bits per heavy atom. The molecule has 0 radical (unpaired) electrons. The molecule has 1 aliphatic heterocycles. The summed E-state index contributed by atoms with van der Waals surface area (Å²) >= 11 is 0. The summed E-state index contributed by atoms with van der Waals surface area (Å²) in [4.78, 5) is 14.0. The second-order valence-corrected chi connectivity index (χ2v) is 4.32. The zero-order valence-corrected chi connectivity index (χ0v) is 9.44. The molecule has 3 unspecified atom stereocenters. The lowest BCUT2D eigenvalue weighted by molar-refractivity contribution is -0.153. The van der Waals surface area contributed by atoms with E-state index in [0.717, 1.165) is 12.8 Å². The number of morpholine rings is 1. The molecule has 0 aromatic heterocycles. The van der Waals surface area contributed by atoms with E-state index in [0.29, 0.717) is 19.2 Å². The predicted octanol–water partition coefficient (Wildman–Crippen LogP) is 0.801. The molecule has 4 nitrogen and oxygen atoms in total. The van der Waals surface area contributed by atoms with Crippen LogP contribution in [0, 0.1) is 0 Å². The monoisotopic (exact) mass is 213 g/mol. The van der Waals surface area contributed by atoms with Gasteiger partial charge in [0, 0.05) is 13.7 Å². The maximum Gasteiger partial charge on any atom is 0.251 e. The van der Waals surface area contributed by atoms with Gasteiger partial charge in [-0.1, -0.05) is 0 Å². The molecule has 0 bridgehead atoms. The number of rotatable bonds is 2. The molecule has 1 heterocycles. The lowest BCUT2D eigenvalue weighted by Gasteiger charge is -2.38. The van der Waals surface area contributed by atoms with Crippen molar-refractivity contribution in [2.24, 2.45) is 0 Å². The van der Waals surface area contributed by atoms with Crippen molar-refractivity contribution in [3.05, 3.63) is 0 Å². The van der Waals surface area contributed by atoms with Gasteiger partial charge < -0.3 is 14.4 Å². The van der Waals surface area contributed by atoms with Gasteiger partial charge in [0.15, 0.2) is 0 Å². The number of amides is 1. The number of carbonyl (C=O) groups is 1. The maximum absolute atomic E-state index is 12.0. The van der Waals surface area contributed by atoms with E-state index in [1.165, 1.54) is 6.42 Å². The minimum absolute atomic E-state index is 0.109. The highest BCUT2D eigenvalue weighted by Gasteiger charge is 2.39. The normalized spacial score (nSPS) is 32.5. The van der Waals surface area contributed by atoms with Gasteiger partial charge in [-0.2, -0.15) is 0 Å². The molecule has 1 aliphatic carbocycles. The quantitative estimate of drug-likeness (QED) is 0.681. The van der Waals surface area contributed by atoms with Crippen LogP contribution in [0.1, 0.15) is 26.2 Å². The Morgan fingerprint density at radius 3 is 3.07 bits per heavy atom. The van der Waals surface area contributed by atoms with Gasteiger partial charge >= 0.3 is 0 Å². The minimum atomic E-state index is -0.329. The average Bonchev–Trinajstić information content (AvgIpc) is 2.74. The number of hydrogen-bond donors (Lipinski definition) is 0. The first-order chi connectivity index (χ1) is 7.24. The van der Waals surface area contributed by atoms with E-state index < -0.39 is 0 Å². The van der Waals surface area contributed by atoms with Gasteiger partial charge in [-0.05, 0) is 26.2 Å². The van der Waals surface area contributed by atoms with Gasteiger partial charge in [-0.15, -0.1) is 0 Å². The van der Waals surface area contributed by atoms with Crippen LogP contribution in [0.2, 0.25) is 0 Å². The fraction of sp³-hybridized carbons (Fsp3) is 0.909. The molecule has 2 fully saturated rings. The first-order valence-corrected chi connectivity index (χ1v) is 5.69. The van der Waals surface area contributed by atoms with Crippen LogP contribution >= 0.6 is 0 Å². The second-order valence-electron chi connectivity index (χ2n) is 4.32. The minimum Gasteiger partial charge on any atom is -0.374 e. The van der Waals surface area contributed by atoms with Gasteiger partial charge in [0.05, 0.1) is 18.8 Å². The number of hydrogen-bond acceptors (Lipinski definition) is 3. The van der Waals surface area contributed by atoms with Crippen LogP contribution in [0.25, 0.3) is 0 Å². The lowest BCUT2D eigenvalue weighted by atomic mass is 10.1. The van der Waals surface area contributed by atoms with Crippen molar-refractivity contribution < 1.29 is 14.3 Å². The molecule has 1 amide bonds. The third-order valence-corrected chi connectivity index (χ3v) is 3.47. The molecule has 1 saturated heterocycles. The van der Waals surface area contributed by atoms with E-state index >= 15 is 0 Å². The molecule has 0 spiro atoms. The van der Waals surface area contributed by atoms with E-state index in [1.807, 2.05) is 11.8 Å². The Morgan fingerprint density at radius 2 is 2.33 bits per heavy atom. The van der Waals surface area contributed by atoms with Gasteiger partial charge in [-0.3, -0.25) is 4.79 Å². The fourth-order valence-electron chi connectivity index (χ4n) is 2.53. The van der Waals surface area contributed by atoms with Gasteiger partial charge in [0.1, 0.15) is 6.10 Å². The van der Waals surface area contributed by atoms with E-state index in [9.17, 15) is 4.79 Å². The molecule has 1 saturated carbocycles. The molecule has 15 heavy (non-hydrogen) atoms. The van der Waals surface area contributed by atoms with E-state index in [-0.39, 0.29) is 18.1 Å². The summed E-state index contributed by atoms with van der Waals surface area (Å²) in [6.45, 7) is 3.19. The van der Waals surface area contributed by atoms with Crippen molar-refractivity contribution in [3.8, 4) is 0 Å². The molecule has 2 rings (SSSR count). The third-order valence-electron chi connectivity index (χ3n) is 3.47. The van der Waals surface area contributed by atoms with Crippen molar-refractivity contribution in [1.82, 2.24) is 4.90 Å². The van der Waals surface area contributed by atoms with Crippen LogP contribution < -0.4 is 0 Å². The highest BCUT2D eigenvalue weighted by molar-refractivity contribution is 5.81. The van der Waals surface area contributed by atoms with Crippen molar-refractivity contribution in [1.29, 1.82) is 0 Å². The van der Waals surface area contributed by atoms with Crippen LogP contribution in [0.5, 0.6) is 0 Å². The van der Waals surface area contributed by atoms with Crippen molar-refractivity contribution in [2.75, 3.05) is 20.3 Å². The second kappa shape index (κ2) is 4.49. The molecule has 0 aromatic carbocycles. The smallest absolute Gasteiger partial charge is 0.251 e. The van der Waals surface area contributed by atoms with Crippen LogP contribution in [-0.4, -0.2) is 49.3 Å². The van der Waals surface area contributed by atoms with Gasteiger partial charge in [0.2, 0.25) is 0 Å². The Kier molecular flexibility index (Phi) is 3.26. The fourth-order valence-corrected chi connectivity index (χ4v) is 2.53. The SMILES string of the molecule is COC(C)C(=O)N1CCOC2CCCC21. The van der Waals surface area contributed by atoms with Gasteiger partial charge in [-0.25, -0.2) is 0 Å². The van der Waals surface area contributed by atoms with Crippen LogP contribution in [0.4, 0.5) is 0 Å². The molecule has 4 heteroatoms. The Bertz CT molecular complexity index is 244. The molecule has 86 valence electrons. The van der Waals surface area contributed by atoms with Crippen molar-refractivity contribution in [2.45, 2.75) is 44.4 Å². The zero-order chi connectivity index (χ0) is 10.8. The summed E-state index contributed by atoms with van der Waals surface area (Å²) in [5, 5.41) is 0. The number of methoxy groups -OCH3 is 1. The first-order valence-electron chi connectivity index (χ1n) is 5.69. The summed E-state index contributed by atoms with van der Waals surface area (Å²) in [5.41, 5.74) is 0. The van der Waals surface area contributed by atoms with E-state index in [1.54, 1.807) is 7.11 Å². The lowest BCUT2D eigenvalue weighted by Crippen LogP contribution is -2.53. The molecule has 0 N–H and O–H groups in total. The predicted molar refractivity (Wildman–Crippen MR) is 55.6 cm³/mol. The maximum atomic E-state index is 12.0. The summed E-state index contributed by atoms with van der Waals surface area (Å²) in [7, 11) is 1.58. The number of fused-ring (bicyclic) bond motifs is 1. The van der Waals surface area contributed by atoms with Crippen molar-refractivity contribution in [3.63, 3.8) is 0 Å². The highest BCUT2D eigenvalue weighted by atomic mass is 16.5. The van der Waals surface area contributed by atoms with Crippen LogP contribution in [-0.2, 0) is 14.3 Å². The van der Waals surface area contributed by atoms with E-state index in [2.05, 4.69) is 0 Å². The molecular formula is C11H19NO3. The largest absolute Gasteiger partial charge is 0.374 e. The van der Waals surface area contributed by atoms with Crippen LogP contribution in [0.15, 0.2) is 0 Å². The molecule has 2 aliphatic rings. The highest BCUT2D eigenvalue weighted by Crippen LogP contribution is 2.30. The van der Waals surface area contributed by atoms with Crippen LogP contribution in [0.3, 0.4) is 0 Å². The average molecular weight is 213 g/mol. The molecular weight excluding hydrogens is 194 g/mol. The Hall–Kier alpha value is -0.610. The summed E-state index contributed by atoms with van der Waals surface area (Å²) in [5.74, 6) is 0.109. The third kappa shape index (κ3) is 2.01. The summed E-state index contributed by atoms with van der Waals surface area (Å²) in [6.07, 6.45) is 3.28. The molecule has 3 atom stereocenters. The molecule has 0 aromatic rings. The Balaban J connectivity index is 2.04. The zero-order valence-electron chi connectivity index (χ0n) is 9.44.